The van der Waals surface area contributed by atoms with Gasteiger partial charge in [-0.05, 0) is 143 Å². The number of nitrogens with zero attached hydrogens (tertiary/aromatic N) is 3. The topological polar surface area (TPSA) is 21.8 Å². The number of rotatable bonds is 13. The summed E-state index contributed by atoms with van der Waals surface area (Å²) in [7, 11) is 0. The van der Waals surface area contributed by atoms with Crippen LogP contribution in [0.15, 0.2) is 255 Å². The fourth-order valence-corrected chi connectivity index (χ4v) is 7.91. The van der Waals surface area contributed by atoms with Gasteiger partial charge in [-0.15, -0.1) is 0 Å². The normalized spacial score (nSPS) is 13.7. The Morgan fingerprint density at radius 2 is 1.03 bits per heavy atom. The number of fused-ring (bicyclic) bond motifs is 2. The van der Waals surface area contributed by atoms with Crippen molar-refractivity contribution in [2.75, 3.05) is 20.0 Å². The number of hydrogen-bond acceptors (Lipinski definition) is 4. The van der Waals surface area contributed by atoms with Gasteiger partial charge in [-0.3, -0.25) is 0 Å². The maximum Gasteiger partial charge on any atom is 0.0559 e. The van der Waals surface area contributed by atoms with Crippen molar-refractivity contribution >= 4 is 67.0 Å². The average Bonchev–Trinajstić information content (AvgIpc) is 3.31. The quantitative estimate of drug-likeness (QED) is 0.118. The molecule has 60 heavy (non-hydrogen) atoms. The van der Waals surface area contributed by atoms with E-state index in [0.717, 1.165) is 51.9 Å². The van der Waals surface area contributed by atoms with E-state index in [0.29, 0.717) is 0 Å². The lowest BCUT2D eigenvalue weighted by Gasteiger charge is -2.33. The molecule has 0 heterocycles. The molecule has 0 aromatic heterocycles. The maximum absolute atomic E-state index is 4.28. The van der Waals surface area contributed by atoms with Crippen LogP contribution in [0.25, 0.3) is 21.5 Å². The van der Waals surface area contributed by atoms with Gasteiger partial charge in [-0.1, -0.05) is 128 Å². The van der Waals surface area contributed by atoms with Crippen LogP contribution >= 0.6 is 0 Å². The van der Waals surface area contributed by atoms with Crippen LogP contribution in [0, 0.1) is 0 Å². The molecule has 1 atom stereocenters. The van der Waals surface area contributed by atoms with E-state index < -0.39 is 0 Å². The van der Waals surface area contributed by atoms with Crippen LogP contribution in [0.3, 0.4) is 0 Å². The van der Waals surface area contributed by atoms with Gasteiger partial charge in [0.15, 0.2) is 0 Å². The minimum Gasteiger partial charge on any atom is -0.356 e. The molecule has 4 heteroatoms. The number of benzene rings is 8. The number of para-hydroxylation sites is 2. The summed E-state index contributed by atoms with van der Waals surface area (Å²) in [4.78, 5) is 6.94. The summed E-state index contributed by atoms with van der Waals surface area (Å²) >= 11 is 0. The van der Waals surface area contributed by atoms with Crippen LogP contribution in [0.4, 0.5) is 45.5 Å². The molecule has 0 fully saturated rings. The lowest BCUT2D eigenvalue weighted by Crippen LogP contribution is -2.29. The molecule has 0 aliphatic heterocycles. The minimum atomic E-state index is 0.195. The van der Waals surface area contributed by atoms with Crippen molar-refractivity contribution in [1.29, 1.82) is 0 Å². The summed E-state index contributed by atoms with van der Waals surface area (Å²) in [6.07, 6.45) is 18.1. The van der Waals surface area contributed by atoms with E-state index in [2.05, 4.69) is 239 Å². The Bertz CT molecular complexity index is 2840. The van der Waals surface area contributed by atoms with Crippen LogP contribution in [0.1, 0.15) is 6.42 Å². The van der Waals surface area contributed by atoms with E-state index in [1.165, 1.54) is 27.2 Å². The molecule has 4 nitrogen and oxygen atoms in total. The van der Waals surface area contributed by atoms with Crippen LogP contribution in [-0.2, 0) is 0 Å². The van der Waals surface area contributed by atoms with E-state index in [1.807, 2.05) is 30.3 Å². The van der Waals surface area contributed by atoms with E-state index in [-0.39, 0.29) is 6.04 Å². The Kier molecular flexibility index (Phi) is 11.2. The first kappa shape index (κ1) is 37.7. The van der Waals surface area contributed by atoms with Crippen molar-refractivity contribution in [1.82, 2.24) is 0 Å². The Hall–Kier alpha value is -7.82. The average molecular weight is 775 g/mol. The molecule has 8 aromatic carbocycles. The maximum atomic E-state index is 4.28. The first-order chi connectivity index (χ1) is 29.7. The van der Waals surface area contributed by atoms with Gasteiger partial charge in [0, 0.05) is 57.4 Å². The molecule has 9 rings (SSSR count). The Labute approximate surface area is 353 Å². The summed E-state index contributed by atoms with van der Waals surface area (Å²) in [6.45, 7) is 4.28. The summed E-state index contributed by atoms with van der Waals surface area (Å²) < 4.78 is 0. The molecule has 1 N–H and O–H groups in total. The highest BCUT2D eigenvalue weighted by atomic mass is 15.2. The number of nitrogens with one attached hydrogen (secondary N) is 1. The molecule has 0 saturated carbocycles. The zero-order valence-electron chi connectivity index (χ0n) is 33.4. The first-order valence-electron chi connectivity index (χ1n) is 20.5. The second-order valence-electron chi connectivity index (χ2n) is 14.8. The molecule has 0 spiro atoms. The van der Waals surface area contributed by atoms with Gasteiger partial charge in [0.1, 0.15) is 0 Å². The molecule has 0 radical (unpaired) electrons. The van der Waals surface area contributed by atoms with Crippen molar-refractivity contribution in [2.24, 2.45) is 0 Å². The Morgan fingerprint density at radius 3 is 1.67 bits per heavy atom. The number of allylic oxidation sites excluding steroid dienone is 5. The van der Waals surface area contributed by atoms with Crippen molar-refractivity contribution in [2.45, 2.75) is 12.5 Å². The van der Waals surface area contributed by atoms with Gasteiger partial charge in [0.2, 0.25) is 0 Å². The third-order valence-corrected chi connectivity index (χ3v) is 10.9. The van der Waals surface area contributed by atoms with Crippen LogP contribution in [-0.4, -0.2) is 6.04 Å². The van der Waals surface area contributed by atoms with Gasteiger partial charge in [0.05, 0.1) is 6.04 Å². The fraction of sp³-hybridized carbons (Fsp3) is 0.0357. The van der Waals surface area contributed by atoms with Crippen molar-refractivity contribution in [3.63, 3.8) is 0 Å². The highest BCUT2D eigenvalue weighted by Crippen LogP contribution is 2.37. The van der Waals surface area contributed by atoms with E-state index in [1.54, 1.807) is 0 Å². The Morgan fingerprint density at radius 1 is 0.500 bits per heavy atom. The van der Waals surface area contributed by atoms with Gasteiger partial charge in [-0.25, -0.2) is 0 Å². The monoisotopic (exact) mass is 774 g/mol. The molecule has 0 bridgehead atoms. The molecular formula is C56H46N4. The number of anilines is 8. The molecular weight excluding hydrogens is 729 g/mol. The predicted octanol–water partition coefficient (Wildman–Crippen LogP) is 15.3. The molecule has 1 aliphatic carbocycles. The molecule has 0 amide bonds. The third-order valence-electron chi connectivity index (χ3n) is 10.9. The molecule has 8 aromatic rings. The van der Waals surface area contributed by atoms with Crippen molar-refractivity contribution in [3.8, 4) is 0 Å². The summed E-state index contributed by atoms with van der Waals surface area (Å²) in [5, 5.41) is 8.39. The molecule has 0 saturated heterocycles. The lowest BCUT2D eigenvalue weighted by atomic mass is 10.0. The van der Waals surface area contributed by atoms with Crippen LogP contribution < -0.4 is 20.0 Å². The van der Waals surface area contributed by atoms with Crippen LogP contribution in [0.2, 0.25) is 0 Å². The molecule has 1 aliphatic rings. The standard InChI is InChI=1S/C56H46N4/c1-2-49(59(52-23-8-4-9-24-52)55-32-28-43-17-12-14-19-45(43)41-55)27-16-40-58(50-34-30-48(31-35-50)57-47-21-6-3-7-22-47)51-36-38-54(39-37-51)60(53-25-10-5-11-26-53)56-33-29-44-18-13-15-20-46(44)42-56/h2-25,27-42,53,57H,1,26H2. The minimum absolute atomic E-state index is 0.195. The second kappa shape index (κ2) is 17.8. The molecule has 290 valence electrons. The first-order valence-corrected chi connectivity index (χ1v) is 20.5. The third kappa shape index (κ3) is 8.40. The van der Waals surface area contributed by atoms with E-state index >= 15 is 0 Å². The van der Waals surface area contributed by atoms with Gasteiger partial charge >= 0.3 is 0 Å². The Balaban J connectivity index is 1.08. The highest BCUT2D eigenvalue weighted by molar-refractivity contribution is 5.89. The van der Waals surface area contributed by atoms with E-state index in [4.69, 9.17) is 0 Å². The predicted molar refractivity (Wildman–Crippen MR) is 257 cm³/mol. The summed E-state index contributed by atoms with van der Waals surface area (Å²) in [6, 6.07) is 68.8. The zero-order chi connectivity index (χ0) is 40.5. The fourth-order valence-electron chi connectivity index (χ4n) is 7.91. The summed E-state index contributed by atoms with van der Waals surface area (Å²) in [5.74, 6) is 0. The molecule has 1 unspecified atom stereocenters. The highest BCUT2D eigenvalue weighted by Gasteiger charge is 2.20. The SMILES string of the molecule is C=CC(=CC=CN(c1ccc(Nc2ccccc2)cc1)c1ccc(N(c2ccc3ccccc3c2)C2C=CC=CC2)cc1)N(c1ccccc1)c1ccc2ccccc2c1. The number of hydrogen-bond donors (Lipinski definition) is 1. The van der Waals surface area contributed by atoms with Gasteiger partial charge in [0.25, 0.3) is 0 Å². The van der Waals surface area contributed by atoms with Crippen molar-refractivity contribution in [3.05, 3.63) is 255 Å². The second-order valence-corrected chi connectivity index (χ2v) is 14.8. The van der Waals surface area contributed by atoms with E-state index in [9.17, 15) is 0 Å². The zero-order valence-corrected chi connectivity index (χ0v) is 33.4. The van der Waals surface area contributed by atoms with Crippen molar-refractivity contribution < 1.29 is 0 Å². The lowest BCUT2D eigenvalue weighted by molar-refractivity contribution is 0.785. The van der Waals surface area contributed by atoms with Gasteiger partial charge in [-0.2, -0.15) is 0 Å². The smallest absolute Gasteiger partial charge is 0.0559 e. The summed E-state index contributed by atoms with van der Waals surface area (Å²) in [5.41, 5.74) is 9.51. The largest absolute Gasteiger partial charge is 0.356 e. The van der Waals surface area contributed by atoms with Gasteiger partial charge < -0.3 is 20.0 Å². The van der Waals surface area contributed by atoms with Crippen LogP contribution in [0.5, 0.6) is 0 Å².